The molecule has 5 nitrogen and oxygen atoms in total. The van der Waals surface area contributed by atoms with Crippen molar-refractivity contribution < 1.29 is 4.79 Å². The van der Waals surface area contributed by atoms with Crippen molar-refractivity contribution in [3.8, 4) is 5.69 Å². The average molecular weight is 354 g/mol. The molecule has 2 aromatic heterocycles. The maximum absolute atomic E-state index is 13.0. The number of hydrogen-bond acceptors (Lipinski definition) is 3. The van der Waals surface area contributed by atoms with E-state index in [-0.39, 0.29) is 5.91 Å². The van der Waals surface area contributed by atoms with Crippen LogP contribution < -0.4 is 0 Å². The summed E-state index contributed by atoms with van der Waals surface area (Å²) in [6.45, 7) is 1.28. The van der Waals surface area contributed by atoms with Crippen LogP contribution in [0.15, 0.2) is 73.1 Å². The summed E-state index contributed by atoms with van der Waals surface area (Å²) in [5, 5.41) is 5.53. The molecule has 27 heavy (non-hydrogen) atoms. The fraction of sp³-hybridized carbons (Fsp3) is 0.136. The second-order valence-electron chi connectivity index (χ2n) is 6.75. The van der Waals surface area contributed by atoms with Crippen LogP contribution >= 0.6 is 0 Å². The van der Waals surface area contributed by atoms with Gasteiger partial charge in [-0.3, -0.25) is 9.78 Å². The number of carbonyl (C=O) groups is 1. The van der Waals surface area contributed by atoms with Crippen LogP contribution in [0.2, 0.25) is 0 Å². The van der Waals surface area contributed by atoms with Crippen molar-refractivity contribution in [1.29, 1.82) is 0 Å². The van der Waals surface area contributed by atoms with Crippen molar-refractivity contribution in [2.45, 2.75) is 13.0 Å². The van der Waals surface area contributed by atoms with Crippen molar-refractivity contribution in [2.75, 3.05) is 6.54 Å². The fourth-order valence-electron chi connectivity index (χ4n) is 3.69. The summed E-state index contributed by atoms with van der Waals surface area (Å²) >= 11 is 0. The highest BCUT2D eigenvalue weighted by atomic mass is 16.2. The number of nitrogens with zero attached hydrogens (tertiary/aromatic N) is 4. The standard InChI is InChI=1S/C22H18N4O/c27-22(17-8-9-20-16(13-17)5-4-11-23-20)25-12-10-21-18(15-25)14-24-26(21)19-6-2-1-3-7-19/h1-9,11,13-14H,10,12,15H2. The van der Waals surface area contributed by atoms with Crippen LogP contribution in [0.25, 0.3) is 16.6 Å². The number of para-hydroxylation sites is 1. The minimum Gasteiger partial charge on any atom is -0.334 e. The Balaban J connectivity index is 1.42. The van der Waals surface area contributed by atoms with Crippen molar-refractivity contribution in [2.24, 2.45) is 0 Å². The molecule has 0 spiro atoms. The molecule has 1 aliphatic heterocycles. The van der Waals surface area contributed by atoms with Crippen LogP contribution in [0.3, 0.4) is 0 Å². The molecule has 1 amide bonds. The van der Waals surface area contributed by atoms with Gasteiger partial charge in [-0.05, 0) is 36.4 Å². The Bertz CT molecular complexity index is 1130. The Morgan fingerprint density at radius 1 is 1.00 bits per heavy atom. The number of pyridine rings is 1. The summed E-state index contributed by atoms with van der Waals surface area (Å²) < 4.78 is 1.98. The van der Waals surface area contributed by atoms with E-state index in [0.717, 1.165) is 28.6 Å². The molecule has 5 rings (SSSR count). The number of fused-ring (bicyclic) bond motifs is 2. The minimum atomic E-state index is 0.0545. The summed E-state index contributed by atoms with van der Waals surface area (Å²) in [6, 6.07) is 19.7. The van der Waals surface area contributed by atoms with Gasteiger partial charge in [0.05, 0.1) is 23.1 Å². The predicted octanol–water partition coefficient (Wildman–Crippen LogP) is 3.62. The molecule has 0 atom stereocenters. The van der Waals surface area contributed by atoms with Gasteiger partial charge in [0.1, 0.15) is 0 Å². The first-order valence-corrected chi connectivity index (χ1v) is 9.05. The van der Waals surface area contributed by atoms with Gasteiger partial charge in [-0.15, -0.1) is 0 Å². The Labute approximate surface area is 156 Å². The van der Waals surface area contributed by atoms with Crippen molar-refractivity contribution in [3.05, 3.63) is 89.9 Å². The zero-order valence-corrected chi connectivity index (χ0v) is 14.7. The first-order chi connectivity index (χ1) is 13.3. The van der Waals surface area contributed by atoms with Crippen LogP contribution in [0.1, 0.15) is 21.6 Å². The molecule has 5 heteroatoms. The lowest BCUT2D eigenvalue weighted by atomic mass is 10.1. The van der Waals surface area contributed by atoms with Gasteiger partial charge >= 0.3 is 0 Å². The second kappa shape index (κ2) is 6.36. The number of hydrogen-bond donors (Lipinski definition) is 0. The fourth-order valence-corrected chi connectivity index (χ4v) is 3.69. The molecule has 2 aromatic carbocycles. The Morgan fingerprint density at radius 3 is 2.78 bits per heavy atom. The van der Waals surface area contributed by atoms with Crippen LogP contribution in [-0.4, -0.2) is 32.1 Å². The Hall–Kier alpha value is -3.47. The van der Waals surface area contributed by atoms with Gasteiger partial charge in [0, 0.05) is 42.2 Å². The molecule has 0 radical (unpaired) electrons. The molecule has 0 unspecified atom stereocenters. The maximum Gasteiger partial charge on any atom is 0.254 e. The Morgan fingerprint density at radius 2 is 1.89 bits per heavy atom. The number of aromatic nitrogens is 3. The molecule has 4 aromatic rings. The highest BCUT2D eigenvalue weighted by Crippen LogP contribution is 2.24. The number of amides is 1. The number of benzene rings is 2. The molecule has 132 valence electrons. The third kappa shape index (κ3) is 2.77. The third-order valence-corrected chi connectivity index (χ3v) is 5.07. The lowest BCUT2D eigenvalue weighted by molar-refractivity contribution is 0.0734. The molecule has 0 bridgehead atoms. The van der Waals surface area contributed by atoms with E-state index in [1.54, 1.807) is 6.20 Å². The molecular weight excluding hydrogens is 336 g/mol. The van der Waals surface area contributed by atoms with Gasteiger partial charge in [0.15, 0.2) is 0 Å². The first kappa shape index (κ1) is 15.8. The normalized spacial score (nSPS) is 13.6. The highest BCUT2D eigenvalue weighted by Gasteiger charge is 2.25. The van der Waals surface area contributed by atoms with E-state index in [4.69, 9.17) is 0 Å². The SMILES string of the molecule is O=C(c1ccc2ncccc2c1)N1CCc2c(cnn2-c2ccccc2)C1. The lowest BCUT2D eigenvalue weighted by Gasteiger charge is -2.27. The van der Waals surface area contributed by atoms with Crippen LogP contribution in [0, 0.1) is 0 Å². The van der Waals surface area contributed by atoms with E-state index >= 15 is 0 Å². The van der Waals surface area contributed by atoms with Gasteiger partial charge in [0.2, 0.25) is 0 Å². The van der Waals surface area contributed by atoms with Crippen LogP contribution in [0.5, 0.6) is 0 Å². The molecule has 0 saturated carbocycles. The summed E-state index contributed by atoms with van der Waals surface area (Å²) in [7, 11) is 0. The summed E-state index contributed by atoms with van der Waals surface area (Å²) in [6.07, 6.45) is 4.44. The van der Waals surface area contributed by atoms with E-state index in [0.29, 0.717) is 18.7 Å². The monoisotopic (exact) mass is 354 g/mol. The molecule has 3 heterocycles. The third-order valence-electron chi connectivity index (χ3n) is 5.07. The molecule has 0 aliphatic carbocycles. The topological polar surface area (TPSA) is 51.0 Å². The van der Waals surface area contributed by atoms with Gasteiger partial charge in [-0.1, -0.05) is 24.3 Å². The average Bonchev–Trinajstić information content (AvgIpc) is 3.17. The molecule has 0 saturated heterocycles. The van der Waals surface area contributed by atoms with Gasteiger partial charge in [-0.2, -0.15) is 5.10 Å². The molecule has 0 N–H and O–H groups in total. The minimum absolute atomic E-state index is 0.0545. The largest absolute Gasteiger partial charge is 0.334 e. The molecule has 1 aliphatic rings. The van der Waals surface area contributed by atoms with Crippen molar-refractivity contribution in [1.82, 2.24) is 19.7 Å². The van der Waals surface area contributed by atoms with E-state index in [1.807, 2.05) is 76.4 Å². The summed E-state index contributed by atoms with van der Waals surface area (Å²) in [5.74, 6) is 0.0545. The highest BCUT2D eigenvalue weighted by molar-refractivity contribution is 5.98. The summed E-state index contributed by atoms with van der Waals surface area (Å²) in [5.41, 5.74) is 4.96. The smallest absolute Gasteiger partial charge is 0.254 e. The van der Waals surface area contributed by atoms with Gasteiger partial charge in [0.25, 0.3) is 5.91 Å². The van der Waals surface area contributed by atoms with Gasteiger partial charge in [-0.25, -0.2) is 4.68 Å². The van der Waals surface area contributed by atoms with E-state index < -0.39 is 0 Å². The van der Waals surface area contributed by atoms with Crippen LogP contribution in [0.4, 0.5) is 0 Å². The zero-order chi connectivity index (χ0) is 18.2. The number of carbonyl (C=O) groups excluding carboxylic acids is 1. The van der Waals surface area contributed by atoms with Crippen molar-refractivity contribution >= 4 is 16.8 Å². The van der Waals surface area contributed by atoms with Gasteiger partial charge < -0.3 is 4.90 Å². The van der Waals surface area contributed by atoms with Crippen LogP contribution in [-0.2, 0) is 13.0 Å². The zero-order valence-electron chi connectivity index (χ0n) is 14.7. The maximum atomic E-state index is 13.0. The quantitative estimate of drug-likeness (QED) is 0.552. The number of rotatable bonds is 2. The Kier molecular flexibility index (Phi) is 3.71. The van der Waals surface area contributed by atoms with E-state index in [9.17, 15) is 4.79 Å². The van der Waals surface area contributed by atoms with E-state index in [2.05, 4.69) is 10.1 Å². The first-order valence-electron chi connectivity index (χ1n) is 9.05. The second-order valence-corrected chi connectivity index (χ2v) is 6.75. The predicted molar refractivity (Wildman–Crippen MR) is 104 cm³/mol. The molecule has 0 fully saturated rings. The lowest BCUT2D eigenvalue weighted by Crippen LogP contribution is -2.36. The summed E-state index contributed by atoms with van der Waals surface area (Å²) in [4.78, 5) is 19.2. The van der Waals surface area contributed by atoms with E-state index in [1.165, 1.54) is 5.69 Å². The molecular formula is C22H18N4O. The van der Waals surface area contributed by atoms with Crippen molar-refractivity contribution in [3.63, 3.8) is 0 Å².